The van der Waals surface area contributed by atoms with Crippen LogP contribution in [0.4, 0.5) is 0 Å². The van der Waals surface area contributed by atoms with Crippen LogP contribution in [-0.2, 0) is 15.6 Å². The Morgan fingerprint density at radius 2 is 2.00 bits per heavy atom. The van der Waals surface area contributed by atoms with Gasteiger partial charge in [0.1, 0.15) is 0 Å². The third kappa shape index (κ3) is 1.52. The summed E-state index contributed by atoms with van der Waals surface area (Å²) in [4.78, 5) is 14.0. The van der Waals surface area contributed by atoms with Gasteiger partial charge in [0, 0.05) is 28.3 Å². The molecular weight excluding hydrogens is 212 g/mol. The monoisotopic (exact) mass is 228 g/mol. The first-order chi connectivity index (χ1) is 7.21. The Morgan fingerprint density at radius 1 is 1.33 bits per heavy atom. The summed E-state index contributed by atoms with van der Waals surface area (Å²) < 4.78 is 11.2. The van der Waals surface area contributed by atoms with Gasteiger partial charge in [0.2, 0.25) is 5.91 Å². The van der Waals surface area contributed by atoms with Crippen LogP contribution >= 0.6 is 0 Å². The zero-order valence-electron chi connectivity index (χ0n) is 8.70. The molecule has 1 amide bonds. The lowest BCUT2D eigenvalue weighted by molar-refractivity contribution is -0.131. The van der Waals surface area contributed by atoms with Crippen LogP contribution in [0.5, 0.6) is 0 Å². The van der Waals surface area contributed by atoms with E-state index < -0.39 is 10.8 Å². The normalized spacial score (nSPS) is 38.7. The number of carbonyl (C=O) groups is 1. The van der Waals surface area contributed by atoms with Crippen molar-refractivity contribution in [2.75, 3.05) is 18.2 Å². The molecule has 0 atom stereocenters. The first kappa shape index (κ1) is 9.78. The highest BCUT2D eigenvalue weighted by molar-refractivity contribution is 7.85. The van der Waals surface area contributed by atoms with Gasteiger partial charge >= 0.3 is 0 Å². The van der Waals surface area contributed by atoms with Crippen LogP contribution < -0.4 is 5.32 Å². The lowest BCUT2D eigenvalue weighted by Crippen LogP contribution is -2.42. The van der Waals surface area contributed by atoms with Gasteiger partial charge in [0.15, 0.2) is 0 Å². The number of nitrogens with one attached hydrogen (secondary N) is 1. The molecule has 2 aliphatic heterocycles. The summed E-state index contributed by atoms with van der Waals surface area (Å²) >= 11 is 0. The molecule has 2 heterocycles. The van der Waals surface area contributed by atoms with Crippen molar-refractivity contribution in [2.24, 2.45) is 0 Å². The highest BCUT2D eigenvalue weighted by atomic mass is 32.2. The quantitative estimate of drug-likeness (QED) is 0.677. The highest BCUT2D eigenvalue weighted by Gasteiger charge is 2.56. The summed E-state index contributed by atoms with van der Waals surface area (Å²) in [6, 6.07) is 0.336. The molecule has 1 aliphatic carbocycles. The Kier molecular flexibility index (Phi) is 2.14. The van der Waals surface area contributed by atoms with E-state index >= 15 is 0 Å². The van der Waals surface area contributed by atoms with Crippen LogP contribution in [-0.4, -0.2) is 44.8 Å². The van der Waals surface area contributed by atoms with Crippen LogP contribution in [0.3, 0.4) is 0 Å². The average molecular weight is 228 g/mol. The summed E-state index contributed by atoms with van der Waals surface area (Å²) in [6.07, 6.45) is 3.83. The van der Waals surface area contributed by atoms with E-state index in [1.54, 1.807) is 0 Å². The third-order valence-electron chi connectivity index (χ3n) is 3.81. The fourth-order valence-electron chi connectivity index (χ4n) is 2.56. The minimum Gasteiger partial charge on any atom is -0.325 e. The zero-order chi connectivity index (χ0) is 10.5. The topological polar surface area (TPSA) is 49.4 Å². The van der Waals surface area contributed by atoms with Gasteiger partial charge in [-0.05, 0) is 25.7 Å². The van der Waals surface area contributed by atoms with Gasteiger partial charge in [0.05, 0.1) is 12.2 Å². The Bertz CT molecular complexity index is 317. The first-order valence-corrected chi connectivity index (χ1v) is 7.11. The van der Waals surface area contributed by atoms with E-state index in [2.05, 4.69) is 5.32 Å². The predicted octanol–water partition coefficient (Wildman–Crippen LogP) is -0.181. The third-order valence-corrected chi connectivity index (χ3v) is 5.19. The fraction of sp³-hybridized carbons (Fsp3) is 0.900. The smallest absolute Gasteiger partial charge is 0.244 e. The lowest BCUT2D eigenvalue weighted by atomic mass is 10.1. The second-order valence-electron chi connectivity index (χ2n) is 4.77. The van der Waals surface area contributed by atoms with Gasteiger partial charge < -0.3 is 4.90 Å². The van der Waals surface area contributed by atoms with Crippen LogP contribution in [0.15, 0.2) is 0 Å². The fourth-order valence-corrected chi connectivity index (χ4v) is 3.84. The van der Waals surface area contributed by atoms with Crippen molar-refractivity contribution in [3.05, 3.63) is 0 Å². The average Bonchev–Trinajstić information content (AvgIpc) is 2.94. The van der Waals surface area contributed by atoms with E-state index in [-0.39, 0.29) is 5.54 Å². The second-order valence-corrected chi connectivity index (χ2v) is 6.47. The SMILES string of the molecule is O=C1N(C2CCS(=O)CC2)CNC12CC2. The molecule has 2 saturated heterocycles. The minimum absolute atomic E-state index is 0.170. The molecule has 3 fully saturated rings. The molecule has 5 heteroatoms. The molecule has 84 valence electrons. The molecule has 0 aromatic carbocycles. The van der Waals surface area contributed by atoms with Crippen molar-refractivity contribution in [1.29, 1.82) is 0 Å². The van der Waals surface area contributed by atoms with Gasteiger partial charge in [-0.25, -0.2) is 0 Å². The van der Waals surface area contributed by atoms with Crippen molar-refractivity contribution >= 4 is 16.7 Å². The maximum Gasteiger partial charge on any atom is 0.244 e. The molecule has 15 heavy (non-hydrogen) atoms. The Morgan fingerprint density at radius 3 is 2.53 bits per heavy atom. The predicted molar refractivity (Wildman–Crippen MR) is 57.7 cm³/mol. The van der Waals surface area contributed by atoms with Crippen molar-refractivity contribution in [1.82, 2.24) is 10.2 Å². The van der Waals surface area contributed by atoms with E-state index in [4.69, 9.17) is 0 Å². The molecule has 0 radical (unpaired) electrons. The maximum atomic E-state index is 12.1. The maximum absolute atomic E-state index is 12.1. The number of carbonyl (C=O) groups excluding carboxylic acids is 1. The highest BCUT2D eigenvalue weighted by Crippen LogP contribution is 2.41. The number of hydrogen-bond acceptors (Lipinski definition) is 3. The molecule has 0 unspecified atom stereocenters. The number of amides is 1. The van der Waals surface area contributed by atoms with Crippen molar-refractivity contribution in [3.8, 4) is 0 Å². The summed E-state index contributed by atoms with van der Waals surface area (Å²) in [5, 5.41) is 3.32. The van der Waals surface area contributed by atoms with E-state index in [1.165, 1.54) is 0 Å². The molecule has 3 aliphatic rings. The summed E-state index contributed by atoms with van der Waals surface area (Å²) in [5.41, 5.74) is -0.170. The van der Waals surface area contributed by atoms with Gasteiger partial charge in [-0.3, -0.25) is 14.3 Å². The van der Waals surface area contributed by atoms with E-state index in [1.807, 2.05) is 4.90 Å². The largest absolute Gasteiger partial charge is 0.325 e. The zero-order valence-corrected chi connectivity index (χ0v) is 9.52. The van der Waals surface area contributed by atoms with Crippen molar-refractivity contribution in [2.45, 2.75) is 37.3 Å². The number of rotatable bonds is 1. The standard InChI is InChI=1S/C10H16N2O2S/c13-9-10(3-4-10)11-7-12(9)8-1-5-15(14)6-2-8/h8,11H,1-7H2. The van der Waals surface area contributed by atoms with E-state index in [9.17, 15) is 9.00 Å². The van der Waals surface area contributed by atoms with Crippen LogP contribution in [0.25, 0.3) is 0 Å². The van der Waals surface area contributed by atoms with Gasteiger partial charge in [-0.1, -0.05) is 0 Å². The van der Waals surface area contributed by atoms with Crippen molar-refractivity contribution in [3.63, 3.8) is 0 Å². The molecule has 1 N–H and O–H groups in total. The molecule has 0 aromatic rings. The number of nitrogens with zero attached hydrogens (tertiary/aromatic N) is 1. The second kappa shape index (κ2) is 3.28. The van der Waals surface area contributed by atoms with Gasteiger partial charge in [-0.15, -0.1) is 0 Å². The van der Waals surface area contributed by atoms with Gasteiger partial charge in [-0.2, -0.15) is 0 Å². The van der Waals surface area contributed by atoms with E-state index in [0.717, 1.165) is 37.2 Å². The summed E-state index contributed by atoms with van der Waals surface area (Å²) in [5.74, 6) is 1.82. The van der Waals surface area contributed by atoms with Gasteiger partial charge in [0.25, 0.3) is 0 Å². The summed E-state index contributed by atoms with van der Waals surface area (Å²) in [7, 11) is -0.634. The number of hydrogen-bond donors (Lipinski definition) is 1. The molecule has 0 aromatic heterocycles. The molecule has 1 saturated carbocycles. The van der Waals surface area contributed by atoms with Crippen LogP contribution in [0, 0.1) is 0 Å². The Hall–Kier alpha value is -0.420. The minimum atomic E-state index is -0.634. The van der Waals surface area contributed by atoms with Crippen LogP contribution in [0.1, 0.15) is 25.7 Å². The Labute approximate surface area is 91.9 Å². The van der Waals surface area contributed by atoms with E-state index in [0.29, 0.717) is 18.6 Å². The molecule has 0 bridgehead atoms. The lowest BCUT2D eigenvalue weighted by Gasteiger charge is -2.30. The molecular formula is C10H16N2O2S. The molecule has 4 nitrogen and oxygen atoms in total. The molecule has 1 spiro atoms. The van der Waals surface area contributed by atoms with Crippen LogP contribution in [0.2, 0.25) is 0 Å². The Balaban J connectivity index is 1.68. The first-order valence-electron chi connectivity index (χ1n) is 5.62. The van der Waals surface area contributed by atoms with Crippen molar-refractivity contribution < 1.29 is 9.00 Å². The summed E-state index contributed by atoms with van der Waals surface area (Å²) in [6.45, 7) is 0.704. The molecule has 3 rings (SSSR count).